The first-order valence-corrected chi connectivity index (χ1v) is 19.6. The van der Waals surface area contributed by atoms with E-state index in [1.807, 2.05) is 0 Å². The second-order valence-corrected chi connectivity index (χ2v) is 19.2. The van der Waals surface area contributed by atoms with Gasteiger partial charge < -0.3 is 0 Å². The summed E-state index contributed by atoms with van der Waals surface area (Å²) < 4.78 is 0. The second kappa shape index (κ2) is 11.5. The number of hydrogen-bond donors (Lipinski definition) is 0. The van der Waals surface area contributed by atoms with Gasteiger partial charge >= 0.3 is 0 Å². The Labute approximate surface area is 247 Å². The van der Waals surface area contributed by atoms with Crippen LogP contribution in [0.2, 0.25) is 12.6 Å². The van der Waals surface area contributed by atoms with Crippen molar-refractivity contribution in [2.24, 2.45) is 0 Å². The zero-order chi connectivity index (χ0) is 28.3. The molecule has 0 saturated heterocycles. The predicted octanol–water partition coefficient (Wildman–Crippen LogP) is 8.20. The predicted molar refractivity (Wildman–Crippen MR) is 183 cm³/mol. The Morgan fingerprint density at radius 1 is 0.488 bits per heavy atom. The maximum atomic E-state index is 2.63. The zero-order valence-electron chi connectivity index (χ0n) is 24.3. The van der Waals surface area contributed by atoms with Crippen LogP contribution in [-0.2, 0) is 0 Å². The first-order valence-electron chi connectivity index (χ1n) is 14.9. The number of hydrogen-bond acceptors (Lipinski definition) is 0. The molecule has 202 valence electrons. The van der Waals surface area contributed by atoms with Gasteiger partial charge in [0, 0.05) is 0 Å². The van der Waals surface area contributed by atoms with E-state index in [0.29, 0.717) is 0 Å². The van der Waals surface area contributed by atoms with Gasteiger partial charge in [0.2, 0.25) is 0 Å². The fraction of sp³-hybridized carbons (Fsp3) is 0.128. The molecule has 0 saturated carbocycles. The fourth-order valence-corrected chi connectivity index (χ4v) is 18.7. The fourth-order valence-electron chi connectivity index (χ4n) is 7.43. The molecule has 5 aromatic rings. The van der Waals surface area contributed by atoms with Gasteiger partial charge in [-0.05, 0) is 60.3 Å². The van der Waals surface area contributed by atoms with Gasteiger partial charge in [-0.25, -0.2) is 0 Å². The summed E-state index contributed by atoms with van der Waals surface area (Å²) in [7, 11) is -4.91. The van der Waals surface area contributed by atoms with E-state index in [1.165, 1.54) is 26.7 Å². The largest absolute Gasteiger partial charge is 0.148 e. The minimum atomic E-state index is -2.46. The van der Waals surface area contributed by atoms with Crippen molar-refractivity contribution in [3.63, 3.8) is 0 Å². The molecular formula is C39H38Si2. The van der Waals surface area contributed by atoms with Crippen molar-refractivity contribution in [1.82, 2.24) is 0 Å². The molecule has 1 heterocycles. The van der Waals surface area contributed by atoms with Gasteiger partial charge in [0.05, 0.1) is 0 Å². The van der Waals surface area contributed by atoms with E-state index in [9.17, 15) is 0 Å². The number of rotatable bonds is 8. The van der Waals surface area contributed by atoms with Crippen LogP contribution < -0.4 is 15.6 Å². The zero-order valence-corrected chi connectivity index (χ0v) is 26.3. The molecule has 6 rings (SSSR count). The molecule has 2 heteroatoms. The summed E-state index contributed by atoms with van der Waals surface area (Å²) >= 11 is 0. The molecule has 1 atom stereocenters. The van der Waals surface area contributed by atoms with E-state index in [4.69, 9.17) is 0 Å². The maximum Gasteiger partial charge on any atom is 0.148 e. The Morgan fingerprint density at radius 2 is 0.878 bits per heavy atom. The van der Waals surface area contributed by atoms with Crippen molar-refractivity contribution < 1.29 is 0 Å². The van der Waals surface area contributed by atoms with Crippen LogP contribution in [-0.4, -0.2) is 16.1 Å². The highest BCUT2D eigenvalue weighted by molar-refractivity contribution is 7.22. The van der Waals surface area contributed by atoms with Crippen LogP contribution in [0.1, 0.15) is 31.4 Å². The molecule has 0 fully saturated rings. The van der Waals surface area contributed by atoms with Crippen LogP contribution in [0.5, 0.6) is 0 Å². The van der Waals surface area contributed by atoms with E-state index < -0.39 is 16.1 Å². The Hall–Kier alpha value is -3.99. The third kappa shape index (κ3) is 4.43. The number of allylic oxidation sites excluding steroid dienone is 2. The molecule has 0 aromatic heterocycles. The smallest absolute Gasteiger partial charge is 0.0669 e. The van der Waals surface area contributed by atoms with Crippen LogP contribution >= 0.6 is 0 Å². The Balaban J connectivity index is 1.85. The van der Waals surface area contributed by atoms with Crippen molar-refractivity contribution in [2.45, 2.75) is 32.9 Å². The standard InChI is InChI=1S/C39H38Si2/c1-4-36-37(31-21-11-6-12-22-31)40(3,33-25-15-8-16-26-33)38(32-23-13-7-14-24-32)39(36)41(5-2,34-27-17-9-18-28-34)35-29-19-10-20-30-35/h6-30H,4-5H2,1-3H3. The molecule has 0 amide bonds. The minimum Gasteiger partial charge on any atom is -0.0669 e. The first kappa shape index (κ1) is 27.2. The molecule has 41 heavy (non-hydrogen) atoms. The minimum absolute atomic E-state index is 1.01. The molecule has 0 bridgehead atoms. The van der Waals surface area contributed by atoms with E-state index in [-0.39, 0.29) is 0 Å². The number of benzene rings is 5. The summed E-state index contributed by atoms with van der Waals surface area (Å²) in [5.41, 5.74) is 4.34. The van der Waals surface area contributed by atoms with E-state index in [0.717, 1.165) is 12.5 Å². The highest BCUT2D eigenvalue weighted by atomic mass is 28.3. The van der Waals surface area contributed by atoms with Gasteiger partial charge in [0.25, 0.3) is 0 Å². The Bertz CT molecular complexity index is 1630. The molecular weight excluding hydrogens is 525 g/mol. The molecule has 0 N–H and O–H groups in total. The van der Waals surface area contributed by atoms with Crippen molar-refractivity contribution >= 4 is 42.1 Å². The van der Waals surface area contributed by atoms with Crippen LogP contribution in [0.4, 0.5) is 0 Å². The second-order valence-electron chi connectivity index (χ2n) is 11.2. The summed E-state index contributed by atoms with van der Waals surface area (Å²) in [5.74, 6) is 0. The monoisotopic (exact) mass is 562 g/mol. The van der Waals surface area contributed by atoms with Crippen LogP contribution in [0.15, 0.2) is 162 Å². The summed E-state index contributed by atoms with van der Waals surface area (Å²) in [5, 5.41) is 9.35. The van der Waals surface area contributed by atoms with Crippen molar-refractivity contribution in [3.05, 3.63) is 174 Å². The topological polar surface area (TPSA) is 0 Å². The summed E-state index contributed by atoms with van der Waals surface area (Å²) in [6.07, 6.45) is 1.01. The summed E-state index contributed by atoms with van der Waals surface area (Å²) in [4.78, 5) is 0. The van der Waals surface area contributed by atoms with Gasteiger partial charge in [-0.2, -0.15) is 0 Å². The normalized spacial score (nSPS) is 17.2. The molecule has 1 aliphatic heterocycles. The molecule has 0 spiro atoms. The molecule has 1 unspecified atom stereocenters. The van der Waals surface area contributed by atoms with Crippen molar-refractivity contribution in [1.29, 1.82) is 0 Å². The lowest BCUT2D eigenvalue weighted by Gasteiger charge is -2.37. The van der Waals surface area contributed by atoms with Gasteiger partial charge in [-0.15, -0.1) is 0 Å². The average molecular weight is 563 g/mol. The molecule has 5 aromatic carbocycles. The molecule has 0 aliphatic carbocycles. The Morgan fingerprint density at radius 3 is 1.29 bits per heavy atom. The first-order chi connectivity index (χ1) is 20.2. The van der Waals surface area contributed by atoms with Gasteiger partial charge in [-0.1, -0.05) is 172 Å². The molecule has 1 aliphatic rings. The van der Waals surface area contributed by atoms with Crippen LogP contribution in [0.3, 0.4) is 0 Å². The van der Waals surface area contributed by atoms with Crippen LogP contribution in [0.25, 0.3) is 10.4 Å². The van der Waals surface area contributed by atoms with Crippen LogP contribution in [0, 0.1) is 0 Å². The van der Waals surface area contributed by atoms with Gasteiger partial charge in [0.1, 0.15) is 16.1 Å². The lowest BCUT2D eigenvalue weighted by atomic mass is 10.1. The van der Waals surface area contributed by atoms with E-state index in [1.54, 1.807) is 21.2 Å². The van der Waals surface area contributed by atoms with Gasteiger partial charge in [0.15, 0.2) is 0 Å². The van der Waals surface area contributed by atoms with Crippen molar-refractivity contribution in [3.8, 4) is 0 Å². The highest BCUT2D eigenvalue weighted by Crippen LogP contribution is 2.52. The van der Waals surface area contributed by atoms with E-state index >= 15 is 0 Å². The molecule has 0 radical (unpaired) electrons. The quantitative estimate of drug-likeness (QED) is 0.167. The average Bonchev–Trinajstić information content (AvgIpc) is 3.33. The lowest BCUT2D eigenvalue weighted by Crippen LogP contribution is -2.60. The SMILES string of the molecule is CCC1=C(c2ccccc2)[Si](C)(c2ccccc2)C(c2ccccc2)=C1[Si](CC)(c1ccccc1)c1ccccc1. The summed E-state index contributed by atoms with van der Waals surface area (Å²) in [6, 6.07) is 58.1. The Kier molecular flexibility index (Phi) is 7.62. The third-order valence-corrected chi connectivity index (χ3v) is 19.1. The van der Waals surface area contributed by atoms with Gasteiger partial charge in [-0.3, -0.25) is 0 Å². The molecule has 0 nitrogen and oxygen atoms in total. The lowest BCUT2D eigenvalue weighted by molar-refractivity contribution is 1.14. The maximum absolute atomic E-state index is 2.63. The third-order valence-electron chi connectivity index (χ3n) is 9.17. The van der Waals surface area contributed by atoms with E-state index in [2.05, 4.69) is 172 Å². The summed E-state index contributed by atoms with van der Waals surface area (Å²) in [6.45, 7) is 7.45. The van der Waals surface area contributed by atoms with Crippen molar-refractivity contribution in [2.75, 3.05) is 0 Å². The highest BCUT2D eigenvalue weighted by Gasteiger charge is 2.53.